The van der Waals surface area contributed by atoms with Crippen molar-refractivity contribution in [1.82, 2.24) is 4.90 Å². The van der Waals surface area contributed by atoms with Crippen molar-refractivity contribution in [2.24, 2.45) is 5.92 Å². The number of rotatable bonds is 4. The van der Waals surface area contributed by atoms with Gasteiger partial charge < -0.3 is 14.7 Å². The third-order valence-corrected chi connectivity index (χ3v) is 4.22. The summed E-state index contributed by atoms with van der Waals surface area (Å²) < 4.78 is 19.0. The van der Waals surface area contributed by atoms with Crippen LogP contribution < -0.4 is 0 Å². The van der Waals surface area contributed by atoms with E-state index < -0.39 is 29.7 Å². The molecule has 1 aromatic rings. The Kier molecular flexibility index (Phi) is 4.95. The predicted octanol–water partition coefficient (Wildman–Crippen LogP) is 2.15. The van der Waals surface area contributed by atoms with Gasteiger partial charge in [-0.25, -0.2) is 4.39 Å². The number of aliphatic carboxylic acids is 1. The van der Waals surface area contributed by atoms with E-state index in [-0.39, 0.29) is 18.8 Å². The maximum Gasteiger partial charge on any atom is 0.311 e. The predicted molar refractivity (Wildman–Crippen MR) is 76.5 cm³/mol. The molecule has 0 bridgehead atoms. The lowest BCUT2D eigenvalue weighted by molar-refractivity contribution is -0.142. The second-order valence-electron chi connectivity index (χ2n) is 4.76. The molecule has 1 aliphatic heterocycles. The molecule has 1 aromatic carbocycles. The van der Waals surface area contributed by atoms with E-state index in [0.717, 1.165) is 6.07 Å². The summed E-state index contributed by atoms with van der Waals surface area (Å²) in [6.07, 6.45) is 0. The molecule has 1 N–H and O–H groups in total. The number of carboxylic acid groups (broad SMARTS) is 1. The number of hydrogen-bond donors (Lipinski definition) is 1. The van der Waals surface area contributed by atoms with Crippen molar-refractivity contribution < 1.29 is 23.8 Å². The summed E-state index contributed by atoms with van der Waals surface area (Å²) in [4.78, 5) is 25.2. The first-order valence-corrected chi connectivity index (χ1v) is 7.31. The molecule has 7 heteroatoms. The molecule has 2 atom stereocenters. The number of hydrogen-bond acceptors (Lipinski definition) is 3. The van der Waals surface area contributed by atoms with E-state index >= 15 is 0 Å². The maximum absolute atomic E-state index is 13.3. The van der Waals surface area contributed by atoms with E-state index in [9.17, 15) is 19.1 Å². The van der Waals surface area contributed by atoms with Crippen molar-refractivity contribution in [3.8, 4) is 0 Å². The Balaban J connectivity index is 2.30. The molecular weight excluding hydrogens is 345 g/mol. The van der Waals surface area contributed by atoms with Gasteiger partial charge in [-0.1, -0.05) is 0 Å². The summed E-state index contributed by atoms with van der Waals surface area (Å²) in [6.45, 7) is 2.32. The highest BCUT2D eigenvalue weighted by atomic mass is 79.9. The molecule has 0 spiro atoms. The van der Waals surface area contributed by atoms with Crippen LogP contribution in [0.15, 0.2) is 22.7 Å². The molecule has 1 saturated heterocycles. The highest BCUT2D eigenvalue weighted by Gasteiger charge is 2.40. The summed E-state index contributed by atoms with van der Waals surface area (Å²) in [5.41, 5.74) is 0.174. The summed E-state index contributed by atoms with van der Waals surface area (Å²) in [5.74, 6) is -2.69. The molecule has 0 aliphatic carbocycles. The first kappa shape index (κ1) is 15.9. The lowest BCUT2D eigenvalue weighted by atomic mass is 10.0. The number of amides is 1. The zero-order valence-electron chi connectivity index (χ0n) is 11.4. The summed E-state index contributed by atoms with van der Waals surface area (Å²) >= 11 is 3.22. The SMILES string of the molecule is CCN(C(=O)c1cc(F)ccc1Br)C1COCC1C(=O)O. The number of ether oxygens (including phenoxy) is 1. The quantitative estimate of drug-likeness (QED) is 0.894. The number of nitrogens with zero attached hydrogens (tertiary/aromatic N) is 1. The average molecular weight is 360 g/mol. The lowest BCUT2D eigenvalue weighted by Crippen LogP contribution is -2.46. The minimum absolute atomic E-state index is 0.0775. The highest BCUT2D eigenvalue weighted by Crippen LogP contribution is 2.25. The van der Waals surface area contributed by atoms with Gasteiger partial charge in [-0.15, -0.1) is 0 Å². The molecule has 2 rings (SSSR count). The Morgan fingerprint density at radius 2 is 2.19 bits per heavy atom. The third-order valence-electron chi connectivity index (χ3n) is 3.53. The molecule has 1 fully saturated rings. The van der Waals surface area contributed by atoms with Crippen LogP contribution in [0.25, 0.3) is 0 Å². The fraction of sp³-hybridized carbons (Fsp3) is 0.429. The van der Waals surface area contributed by atoms with E-state index in [0.29, 0.717) is 11.0 Å². The number of carbonyl (C=O) groups is 2. The molecule has 1 amide bonds. The first-order chi connectivity index (χ1) is 9.95. The molecule has 2 unspecified atom stereocenters. The van der Waals surface area contributed by atoms with E-state index in [1.807, 2.05) is 0 Å². The molecule has 114 valence electrons. The Bertz CT molecular complexity index is 566. The van der Waals surface area contributed by atoms with Crippen molar-refractivity contribution in [3.63, 3.8) is 0 Å². The Morgan fingerprint density at radius 1 is 1.48 bits per heavy atom. The van der Waals surface area contributed by atoms with Gasteiger partial charge in [0.15, 0.2) is 0 Å². The van der Waals surface area contributed by atoms with Gasteiger partial charge in [0.25, 0.3) is 5.91 Å². The number of benzene rings is 1. The zero-order valence-corrected chi connectivity index (χ0v) is 13.0. The summed E-state index contributed by atoms with van der Waals surface area (Å²) in [5, 5.41) is 9.19. The van der Waals surface area contributed by atoms with Gasteiger partial charge >= 0.3 is 5.97 Å². The van der Waals surface area contributed by atoms with Crippen LogP contribution in [-0.4, -0.2) is 47.7 Å². The Morgan fingerprint density at radius 3 is 2.81 bits per heavy atom. The van der Waals surface area contributed by atoms with Crippen LogP contribution in [0, 0.1) is 11.7 Å². The molecule has 0 radical (unpaired) electrons. The van der Waals surface area contributed by atoms with Crippen LogP contribution in [0.2, 0.25) is 0 Å². The van der Waals surface area contributed by atoms with Gasteiger partial charge in [-0.3, -0.25) is 9.59 Å². The van der Waals surface area contributed by atoms with Crippen LogP contribution in [0.4, 0.5) is 4.39 Å². The smallest absolute Gasteiger partial charge is 0.311 e. The van der Waals surface area contributed by atoms with E-state index in [2.05, 4.69) is 15.9 Å². The van der Waals surface area contributed by atoms with Crippen molar-refractivity contribution in [2.45, 2.75) is 13.0 Å². The molecule has 5 nitrogen and oxygen atoms in total. The number of carboxylic acids is 1. The maximum atomic E-state index is 13.3. The first-order valence-electron chi connectivity index (χ1n) is 6.52. The van der Waals surface area contributed by atoms with E-state index in [1.165, 1.54) is 17.0 Å². The van der Waals surface area contributed by atoms with Crippen LogP contribution in [0.1, 0.15) is 17.3 Å². The average Bonchev–Trinajstić information content (AvgIpc) is 2.91. The largest absolute Gasteiger partial charge is 0.481 e. The van der Waals surface area contributed by atoms with E-state index in [4.69, 9.17) is 4.74 Å². The molecule has 0 aromatic heterocycles. The van der Waals surface area contributed by atoms with E-state index in [1.54, 1.807) is 6.92 Å². The second kappa shape index (κ2) is 6.53. The highest BCUT2D eigenvalue weighted by molar-refractivity contribution is 9.10. The van der Waals surface area contributed by atoms with Crippen LogP contribution in [0.3, 0.4) is 0 Å². The molecular formula is C14H15BrFNO4. The monoisotopic (exact) mass is 359 g/mol. The second-order valence-corrected chi connectivity index (χ2v) is 5.62. The van der Waals surface area contributed by atoms with Crippen molar-refractivity contribution >= 4 is 27.8 Å². The molecule has 1 aliphatic rings. The third kappa shape index (κ3) is 3.24. The number of carbonyl (C=O) groups excluding carboxylic acids is 1. The number of halogens is 2. The lowest BCUT2D eigenvalue weighted by Gasteiger charge is -2.29. The van der Waals surface area contributed by atoms with Gasteiger partial charge in [-0.05, 0) is 41.1 Å². The van der Waals surface area contributed by atoms with Crippen molar-refractivity contribution in [3.05, 3.63) is 34.1 Å². The fourth-order valence-corrected chi connectivity index (χ4v) is 2.85. The summed E-state index contributed by atoms with van der Waals surface area (Å²) in [6, 6.07) is 3.29. The Hall–Kier alpha value is -1.47. The normalized spacial score (nSPS) is 21.3. The molecule has 21 heavy (non-hydrogen) atoms. The minimum Gasteiger partial charge on any atom is -0.481 e. The molecule has 1 heterocycles. The standard InChI is InChI=1S/C14H15BrFNO4/c1-2-17(12-7-21-6-10(12)14(19)20)13(18)9-5-8(16)3-4-11(9)15/h3-5,10,12H,2,6-7H2,1H3,(H,19,20). The van der Waals surface area contributed by atoms with Gasteiger partial charge in [0, 0.05) is 11.0 Å². The summed E-state index contributed by atoms with van der Waals surface area (Å²) in [7, 11) is 0. The van der Waals surface area contributed by atoms with Crippen molar-refractivity contribution in [2.75, 3.05) is 19.8 Å². The van der Waals surface area contributed by atoms with Crippen LogP contribution in [0.5, 0.6) is 0 Å². The minimum atomic E-state index is -0.998. The van der Waals surface area contributed by atoms with Gasteiger partial charge in [0.05, 0.1) is 24.8 Å². The fourth-order valence-electron chi connectivity index (χ4n) is 2.43. The zero-order chi connectivity index (χ0) is 15.6. The molecule has 0 saturated carbocycles. The Labute approximate surface area is 129 Å². The number of likely N-dealkylation sites (N-methyl/N-ethyl adjacent to an activating group) is 1. The van der Waals surface area contributed by atoms with Gasteiger partial charge in [-0.2, -0.15) is 0 Å². The topological polar surface area (TPSA) is 66.8 Å². The van der Waals surface area contributed by atoms with Crippen molar-refractivity contribution in [1.29, 1.82) is 0 Å². The van der Waals surface area contributed by atoms with Crippen LogP contribution >= 0.6 is 15.9 Å². The van der Waals surface area contributed by atoms with Gasteiger partial charge in [0.2, 0.25) is 0 Å². The van der Waals surface area contributed by atoms with Crippen LogP contribution in [-0.2, 0) is 9.53 Å². The van der Waals surface area contributed by atoms with Gasteiger partial charge in [0.1, 0.15) is 11.7 Å².